The minimum Gasteiger partial charge on any atom is -0.490 e. The molecule has 150 valence electrons. The molecule has 0 spiro atoms. The molecule has 1 amide bonds. The highest BCUT2D eigenvalue weighted by Crippen LogP contribution is 2.38. The molecule has 0 aliphatic carbocycles. The number of nitrogens with zero attached hydrogens (tertiary/aromatic N) is 2. The Morgan fingerprint density at radius 3 is 2.86 bits per heavy atom. The summed E-state index contributed by atoms with van der Waals surface area (Å²) in [4.78, 5) is 19.7. The molecule has 0 bridgehead atoms. The summed E-state index contributed by atoms with van der Waals surface area (Å²) >= 11 is 1.68. The Morgan fingerprint density at radius 2 is 1.97 bits per heavy atom. The zero-order chi connectivity index (χ0) is 19.6. The van der Waals surface area contributed by atoms with Crippen LogP contribution in [0.5, 0.6) is 11.5 Å². The van der Waals surface area contributed by atoms with Gasteiger partial charge in [-0.3, -0.25) is 4.79 Å². The first-order valence-corrected chi connectivity index (χ1v) is 11.1. The minimum absolute atomic E-state index is 0.120. The fourth-order valence-corrected chi connectivity index (χ4v) is 5.15. The van der Waals surface area contributed by atoms with E-state index in [2.05, 4.69) is 23.2 Å². The van der Waals surface area contributed by atoms with E-state index in [1.54, 1.807) is 11.3 Å². The maximum Gasteiger partial charge on any atom is 0.223 e. The van der Waals surface area contributed by atoms with Crippen LogP contribution in [0.2, 0.25) is 0 Å². The van der Waals surface area contributed by atoms with Gasteiger partial charge in [-0.25, -0.2) is 4.98 Å². The van der Waals surface area contributed by atoms with Crippen molar-refractivity contribution in [2.75, 3.05) is 19.8 Å². The molecule has 29 heavy (non-hydrogen) atoms. The third kappa shape index (κ3) is 3.81. The molecular formula is C23H24N2O3S. The van der Waals surface area contributed by atoms with Crippen molar-refractivity contribution in [3.8, 4) is 11.5 Å². The highest BCUT2D eigenvalue weighted by atomic mass is 32.1. The minimum atomic E-state index is 0.120. The number of ether oxygens (including phenoxy) is 2. The van der Waals surface area contributed by atoms with Gasteiger partial charge in [-0.05, 0) is 42.7 Å². The third-order valence-electron chi connectivity index (χ3n) is 5.62. The van der Waals surface area contributed by atoms with Crippen LogP contribution in [0.4, 0.5) is 0 Å². The topological polar surface area (TPSA) is 51.7 Å². The molecule has 0 radical (unpaired) electrons. The van der Waals surface area contributed by atoms with Gasteiger partial charge in [0.2, 0.25) is 5.91 Å². The second-order valence-electron chi connectivity index (χ2n) is 7.58. The predicted molar refractivity (Wildman–Crippen MR) is 114 cm³/mol. The number of hydrogen-bond acceptors (Lipinski definition) is 5. The van der Waals surface area contributed by atoms with Crippen LogP contribution in [0.3, 0.4) is 0 Å². The molecule has 0 unspecified atom stereocenters. The first-order valence-electron chi connectivity index (χ1n) is 10.3. The zero-order valence-corrected chi connectivity index (χ0v) is 17.1. The van der Waals surface area contributed by atoms with Crippen molar-refractivity contribution in [1.82, 2.24) is 9.88 Å². The molecule has 1 atom stereocenters. The van der Waals surface area contributed by atoms with Crippen LogP contribution in [0, 0.1) is 0 Å². The molecule has 2 aliphatic rings. The summed E-state index contributed by atoms with van der Waals surface area (Å²) < 4.78 is 12.8. The summed E-state index contributed by atoms with van der Waals surface area (Å²) in [5.41, 5.74) is 2.16. The number of thiazole rings is 1. The number of rotatable bonds is 4. The van der Waals surface area contributed by atoms with Crippen LogP contribution < -0.4 is 9.47 Å². The predicted octanol–water partition coefficient (Wildman–Crippen LogP) is 4.75. The second kappa shape index (κ2) is 8.03. The molecule has 1 saturated heterocycles. The standard InChI is InChI=1S/C23H24N2O3S/c26-23(11-10-22-24-17-5-1-2-7-21(17)29-22)25-12-3-6-18(25)16-8-9-19-20(15-16)28-14-4-13-27-19/h1-2,5,7-9,15,18H,3-4,6,10-14H2/t18-/m0/s1. The van der Waals surface area contributed by atoms with E-state index in [1.807, 2.05) is 29.2 Å². The quantitative estimate of drug-likeness (QED) is 0.625. The molecule has 0 N–H and O–H groups in total. The van der Waals surface area contributed by atoms with Crippen molar-refractivity contribution in [3.05, 3.63) is 53.0 Å². The maximum atomic E-state index is 13.0. The van der Waals surface area contributed by atoms with Gasteiger partial charge in [0.1, 0.15) is 0 Å². The van der Waals surface area contributed by atoms with Crippen LogP contribution in [0.25, 0.3) is 10.2 Å². The third-order valence-corrected chi connectivity index (χ3v) is 6.72. The summed E-state index contributed by atoms with van der Waals surface area (Å²) in [6.07, 6.45) is 4.12. The van der Waals surface area contributed by atoms with Gasteiger partial charge in [0.25, 0.3) is 0 Å². The molecule has 2 aliphatic heterocycles. The van der Waals surface area contributed by atoms with Gasteiger partial charge >= 0.3 is 0 Å². The Morgan fingerprint density at radius 1 is 1.10 bits per heavy atom. The number of carbonyl (C=O) groups is 1. The normalized spacial score (nSPS) is 18.8. The van der Waals surface area contributed by atoms with Crippen LogP contribution in [0.1, 0.15) is 42.3 Å². The number of para-hydroxylation sites is 1. The van der Waals surface area contributed by atoms with E-state index in [1.165, 1.54) is 4.70 Å². The largest absolute Gasteiger partial charge is 0.490 e. The van der Waals surface area contributed by atoms with Gasteiger partial charge < -0.3 is 14.4 Å². The lowest BCUT2D eigenvalue weighted by molar-refractivity contribution is -0.132. The summed E-state index contributed by atoms with van der Waals surface area (Å²) in [5, 5.41) is 1.03. The summed E-state index contributed by atoms with van der Waals surface area (Å²) in [6, 6.07) is 14.4. The number of benzene rings is 2. The van der Waals surface area contributed by atoms with E-state index in [0.717, 1.165) is 53.4 Å². The highest BCUT2D eigenvalue weighted by Gasteiger charge is 2.30. The Labute approximate surface area is 174 Å². The summed E-state index contributed by atoms with van der Waals surface area (Å²) in [5.74, 6) is 1.81. The first-order chi connectivity index (χ1) is 14.3. The van der Waals surface area contributed by atoms with Crippen LogP contribution in [-0.2, 0) is 11.2 Å². The molecule has 1 fully saturated rings. The molecule has 3 heterocycles. The fourth-order valence-electron chi connectivity index (χ4n) is 4.18. The van der Waals surface area contributed by atoms with Gasteiger partial charge in [0, 0.05) is 25.8 Å². The highest BCUT2D eigenvalue weighted by molar-refractivity contribution is 7.18. The molecule has 5 rings (SSSR count). The van der Waals surface area contributed by atoms with Crippen molar-refractivity contribution in [3.63, 3.8) is 0 Å². The Hall–Kier alpha value is -2.60. The summed E-state index contributed by atoms with van der Waals surface area (Å²) in [7, 11) is 0. The molecule has 3 aromatic rings. The molecule has 2 aromatic carbocycles. The van der Waals surface area contributed by atoms with Gasteiger partial charge in [-0.15, -0.1) is 11.3 Å². The average Bonchev–Trinajstić information content (AvgIpc) is 3.33. The monoisotopic (exact) mass is 408 g/mol. The maximum absolute atomic E-state index is 13.0. The number of hydrogen-bond donors (Lipinski definition) is 0. The van der Waals surface area contributed by atoms with E-state index in [0.29, 0.717) is 26.1 Å². The average molecular weight is 409 g/mol. The lowest BCUT2D eigenvalue weighted by atomic mass is 10.0. The number of fused-ring (bicyclic) bond motifs is 2. The molecule has 6 heteroatoms. The van der Waals surface area contributed by atoms with Crippen LogP contribution in [-0.4, -0.2) is 35.5 Å². The summed E-state index contributed by atoms with van der Waals surface area (Å²) in [6.45, 7) is 2.18. The molecule has 5 nitrogen and oxygen atoms in total. The second-order valence-corrected chi connectivity index (χ2v) is 8.69. The fraction of sp³-hybridized carbons (Fsp3) is 0.391. The number of carbonyl (C=O) groups excluding carboxylic acids is 1. The van der Waals surface area contributed by atoms with E-state index < -0.39 is 0 Å². The van der Waals surface area contributed by atoms with Crippen molar-refractivity contribution in [1.29, 1.82) is 0 Å². The van der Waals surface area contributed by atoms with Gasteiger partial charge in [-0.2, -0.15) is 0 Å². The Bertz CT molecular complexity index is 999. The number of amides is 1. The van der Waals surface area contributed by atoms with Crippen molar-refractivity contribution >= 4 is 27.5 Å². The van der Waals surface area contributed by atoms with E-state index >= 15 is 0 Å². The van der Waals surface area contributed by atoms with Crippen LogP contribution in [0.15, 0.2) is 42.5 Å². The Kier molecular flexibility index (Phi) is 5.10. The van der Waals surface area contributed by atoms with Gasteiger partial charge in [0.05, 0.1) is 34.5 Å². The van der Waals surface area contributed by atoms with Crippen molar-refractivity contribution < 1.29 is 14.3 Å². The number of likely N-dealkylation sites (tertiary alicyclic amines) is 1. The van der Waals surface area contributed by atoms with Crippen LogP contribution >= 0.6 is 11.3 Å². The lowest BCUT2D eigenvalue weighted by Gasteiger charge is -2.25. The molecular weight excluding hydrogens is 384 g/mol. The van der Waals surface area contributed by atoms with E-state index in [9.17, 15) is 4.79 Å². The lowest BCUT2D eigenvalue weighted by Crippen LogP contribution is -2.30. The number of aryl methyl sites for hydroxylation is 1. The van der Waals surface area contributed by atoms with E-state index in [-0.39, 0.29) is 11.9 Å². The van der Waals surface area contributed by atoms with Crippen molar-refractivity contribution in [2.45, 2.75) is 38.1 Å². The SMILES string of the molecule is O=C(CCc1nc2ccccc2s1)N1CCC[C@H]1c1ccc2c(c1)OCCCO2. The van der Waals surface area contributed by atoms with Crippen molar-refractivity contribution in [2.24, 2.45) is 0 Å². The molecule has 0 saturated carbocycles. The number of aromatic nitrogens is 1. The molecule has 1 aromatic heterocycles. The van der Waals surface area contributed by atoms with E-state index in [4.69, 9.17) is 9.47 Å². The van der Waals surface area contributed by atoms with Gasteiger partial charge in [0.15, 0.2) is 11.5 Å². The Balaban J connectivity index is 1.28. The smallest absolute Gasteiger partial charge is 0.223 e. The van der Waals surface area contributed by atoms with Gasteiger partial charge in [-0.1, -0.05) is 18.2 Å². The zero-order valence-electron chi connectivity index (χ0n) is 16.3. The first kappa shape index (κ1) is 18.4.